The Labute approximate surface area is 194 Å². The molecule has 0 N–H and O–H groups in total. The fourth-order valence-electron chi connectivity index (χ4n) is 4.51. The van der Waals surface area contributed by atoms with Gasteiger partial charge in [0.05, 0.1) is 0 Å². The molecular formula is C27H28N4O2. The summed E-state index contributed by atoms with van der Waals surface area (Å²) in [6.07, 6.45) is 8.35. The normalized spacial score (nSPS) is 19.7. The van der Waals surface area contributed by atoms with Crippen LogP contribution in [0, 0.1) is 0 Å². The van der Waals surface area contributed by atoms with Crippen molar-refractivity contribution in [2.75, 3.05) is 20.1 Å². The summed E-state index contributed by atoms with van der Waals surface area (Å²) >= 11 is 0. The molecule has 2 amide bonds. The maximum atomic E-state index is 13.0. The van der Waals surface area contributed by atoms with Gasteiger partial charge in [-0.1, -0.05) is 54.1 Å². The lowest BCUT2D eigenvalue weighted by molar-refractivity contribution is 0.156. The number of rotatable bonds is 5. The molecule has 2 heterocycles. The van der Waals surface area contributed by atoms with Crippen LogP contribution in [0.3, 0.4) is 0 Å². The van der Waals surface area contributed by atoms with Crippen molar-refractivity contribution in [1.82, 2.24) is 19.8 Å². The minimum absolute atomic E-state index is 0.149. The van der Waals surface area contributed by atoms with Crippen LogP contribution in [0.2, 0.25) is 0 Å². The zero-order chi connectivity index (χ0) is 22.6. The molecular weight excluding hydrogens is 412 g/mol. The van der Waals surface area contributed by atoms with Crippen LogP contribution in [0.5, 0.6) is 11.8 Å². The third kappa shape index (κ3) is 5.06. The van der Waals surface area contributed by atoms with E-state index in [4.69, 9.17) is 4.74 Å². The quantitative estimate of drug-likeness (QED) is 0.536. The highest BCUT2D eigenvalue weighted by molar-refractivity contribution is 5.75. The minimum atomic E-state index is 0.149. The van der Waals surface area contributed by atoms with Crippen molar-refractivity contribution in [3.8, 4) is 11.8 Å². The van der Waals surface area contributed by atoms with Crippen LogP contribution in [-0.4, -0.2) is 52.0 Å². The minimum Gasteiger partial charge on any atom is -0.424 e. The molecule has 6 heteroatoms. The van der Waals surface area contributed by atoms with E-state index in [-0.39, 0.29) is 6.03 Å². The first kappa shape index (κ1) is 21.2. The lowest BCUT2D eigenvalue weighted by Gasteiger charge is -2.32. The summed E-state index contributed by atoms with van der Waals surface area (Å²) in [5.74, 6) is 1.18. The molecule has 1 unspecified atom stereocenters. The Balaban J connectivity index is 1.16. The smallest absolute Gasteiger partial charge is 0.321 e. The summed E-state index contributed by atoms with van der Waals surface area (Å²) < 4.78 is 5.74. The van der Waals surface area contributed by atoms with E-state index in [0.717, 1.165) is 37.9 Å². The van der Waals surface area contributed by atoms with Gasteiger partial charge in [-0.15, -0.1) is 0 Å². The van der Waals surface area contributed by atoms with E-state index in [2.05, 4.69) is 46.4 Å². The molecule has 1 aliphatic heterocycles. The van der Waals surface area contributed by atoms with E-state index < -0.39 is 0 Å². The summed E-state index contributed by atoms with van der Waals surface area (Å²) in [5, 5.41) is 0. The second-order valence-corrected chi connectivity index (χ2v) is 8.71. The van der Waals surface area contributed by atoms with E-state index >= 15 is 0 Å². The van der Waals surface area contributed by atoms with Gasteiger partial charge in [-0.2, -0.15) is 0 Å². The predicted octanol–water partition coefficient (Wildman–Crippen LogP) is 5.36. The number of hydrogen-bond donors (Lipinski definition) is 0. The molecule has 1 aliphatic carbocycles. The molecule has 6 nitrogen and oxygen atoms in total. The summed E-state index contributed by atoms with van der Waals surface area (Å²) in [5.41, 5.74) is 3.76. The molecule has 0 spiro atoms. The van der Waals surface area contributed by atoms with Crippen LogP contribution in [-0.2, 0) is 0 Å². The zero-order valence-electron chi connectivity index (χ0n) is 18.8. The third-order valence-electron chi connectivity index (χ3n) is 6.44. The third-order valence-corrected chi connectivity index (χ3v) is 6.44. The van der Waals surface area contributed by atoms with Crippen molar-refractivity contribution in [3.63, 3.8) is 0 Å². The fourth-order valence-corrected chi connectivity index (χ4v) is 4.51. The van der Waals surface area contributed by atoms with Crippen molar-refractivity contribution in [3.05, 3.63) is 89.8 Å². The van der Waals surface area contributed by atoms with Crippen molar-refractivity contribution >= 4 is 12.1 Å². The van der Waals surface area contributed by atoms with Gasteiger partial charge in [0.15, 0.2) is 0 Å². The molecule has 0 bridgehead atoms. The zero-order valence-corrected chi connectivity index (χ0v) is 18.8. The second-order valence-electron chi connectivity index (χ2n) is 8.71. The molecule has 2 aliphatic rings. The highest BCUT2D eigenvalue weighted by atomic mass is 16.5. The lowest BCUT2D eigenvalue weighted by Crippen LogP contribution is -2.45. The maximum absolute atomic E-state index is 13.0. The van der Waals surface area contributed by atoms with Crippen LogP contribution in [0.15, 0.2) is 78.6 Å². The average Bonchev–Trinajstić information content (AvgIpc) is 3.66. The van der Waals surface area contributed by atoms with Crippen molar-refractivity contribution in [2.45, 2.75) is 31.2 Å². The largest absolute Gasteiger partial charge is 0.424 e. The molecule has 168 valence electrons. The van der Waals surface area contributed by atoms with Gasteiger partial charge in [-0.3, -0.25) is 0 Å². The van der Waals surface area contributed by atoms with Crippen molar-refractivity contribution < 1.29 is 9.53 Å². The van der Waals surface area contributed by atoms with E-state index in [1.807, 2.05) is 41.1 Å². The topological polar surface area (TPSA) is 58.6 Å². The SMILES string of the molecule is CN(C(=O)N1CCC(=Cc2cccc(Oc3ncccn3)c2)CC1)C1C[C@H]1c1ccccc1. The highest BCUT2D eigenvalue weighted by Crippen LogP contribution is 2.44. The number of nitrogens with zero attached hydrogens (tertiary/aromatic N) is 4. The van der Waals surface area contributed by atoms with Gasteiger partial charge in [0.1, 0.15) is 5.75 Å². The standard InChI is InChI=1S/C27H28N4O2/c1-30(25-19-24(25)22-8-3-2-4-9-22)27(32)31-15-11-20(12-16-31)17-21-7-5-10-23(18-21)33-26-28-13-6-14-29-26/h2-10,13-14,17-18,24-25H,11-12,15-16,19H2,1H3/t24-,25?/m0/s1. The van der Waals surface area contributed by atoms with Gasteiger partial charge >= 0.3 is 12.0 Å². The molecule has 2 aromatic carbocycles. The Morgan fingerprint density at radius 3 is 2.55 bits per heavy atom. The number of likely N-dealkylation sites (N-methyl/N-ethyl adjacent to an activating group) is 1. The van der Waals surface area contributed by atoms with Gasteiger partial charge in [-0.05, 0) is 48.6 Å². The number of urea groups is 1. The number of aromatic nitrogens is 2. The first-order chi connectivity index (χ1) is 16.2. The van der Waals surface area contributed by atoms with E-state index in [9.17, 15) is 4.79 Å². The monoisotopic (exact) mass is 440 g/mol. The van der Waals surface area contributed by atoms with Crippen LogP contribution in [0.25, 0.3) is 6.08 Å². The van der Waals surface area contributed by atoms with Gasteiger partial charge < -0.3 is 14.5 Å². The second kappa shape index (κ2) is 9.45. The van der Waals surface area contributed by atoms with Crippen LogP contribution in [0.1, 0.15) is 36.3 Å². The number of ether oxygens (including phenoxy) is 1. The summed E-state index contributed by atoms with van der Waals surface area (Å²) in [6.45, 7) is 1.51. The average molecular weight is 441 g/mol. The van der Waals surface area contributed by atoms with Gasteiger partial charge in [0.2, 0.25) is 0 Å². The number of carbonyl (C=O) groups is 1. The Bertz CT molecular complexity index is 1120. The molecule has 1 saturated heterocycles. The molecule has 33 heavy (non-hydrogen) atoms. The number of carbonyl (C=O) groups excluding carboxylic acids is 1. The first-order valence-corrected chi connectivity index (χ1v) is 11.5. The molecule has 2 atom stereocenters. The fraction of sp³-hybridized carbons (Fsp3) is 0.296. The van der Waals surface area contributed by atoms with E-state index in [1.165, 1.54) is 11.1 Å². The first-order valence-electron chi connectivity index (χ1n) is 11.5. The number of hydrogen-bond acceptors (Lipinski definition) is 4. The Hall–Kier alpha value is -3.67. The number of likely N-dealkylation sites (tertiary alicyclic amines) is 1. The summed E-state index contributed by atoms with van der Waals surface area (Å²) in [7, 11) is 1.95. The molecule has 1 aromatic heterocycles. The van der Waals surface area contributed by atoms with Gasteiger partial charge in [-0.25, -0.2) is 14.8 Å². The van der Waals surface area contributed by atoms with Gasteiger partial charge in [0, 0.05) is 44.5 Å². The summed E-state index contributed by atoms with van der Waals surface area (Å²) in [6, 6.07) is 21.0. The number of amides is 2. The van der Waals surface area contributed by atoms with Crippen LogP contribution in [0.4, 0.5) is 4.79 Å². The van der Waals surface area contributed by atoms with Crippen molar-refractivity contribution in [1.29, 1.82) is 0 Å². The molecule has 5 rings (SSSR count). The predicted molar refractivity (Wildman–Crippen MR) is 128 cm³/mol. The molecule has 1 saturated carbocycles. The number of benzene rings is 2. The number of piperidine rings is 1. The van der Waals surface area contributed by atoms with Crippen LogP contribution >= 0.6 is 0 Å². The highest BCUT2D eigenvalue weighted by Gasteiger charge is 2.44. The maximum Gasteiger partial charge on any atom is 0.321 e. The van der Waals surface area contributed by atoms with E-state index in [0.29, 0.717) is 23.7 Å². The summed E-state index contributed by atoms with van der Waals surface area (Å²) in [4.78, 5) is 25.2. The lowest BCUT2D eigenvalue weighted by atomic mass is 10.0. The Morgan fingerprint density at radius 2 is 1.79 bits per heavy atom. The van der Waals surface area contributed by atoms with Crippen LogP contribution < -0.4 is 4.74 Å². The Kier molecular flexibility index (Phi) is 6.07. The Morgan fingerprint density at radius 1 is 1.03 bits per heavy atom. The van der Waals surface area contributed by atoms with Gasteiger partial charge in [0.25, 0.3) is 0 Å². The molecule has 0 radical (unpaired) electrons. The van der Waals surface area contributed by atoms with E-state index in [1.54, 1.807) is 18.5 Å². The molecule has 2 fully saturated rings. The molecule has 3 aromatic rings. The van der Waals surface area contributed by atoms with Crippen molar-refractivity contribution in [2.24, 2.45) is 0 Å².